The molecule has 0 aliphatic heterocycles. The van der Waals surface area contributed by atoms with Gasteiger partial charge in [0.2, 0.25) is 0 Å². The molecule has 2 unspecified atom stereocenters. The Morgan fingerprint density at radius 1 is 0.750 bits per heavy atom. The maximum atomic E-state index is 3.82. The van der Waals surface area contributed by atoms with Crippen LogP contribution >= 0.6 is 63.7 Å². The normalized spacial score (nSPS) is 14.2. The zero-order chi connectivity index (χ0) is 14.8. The Bertz CT molecular complexity index is 332. The molecule has 0 aromatic heterocycles. The summed E-state index contributed by atoms with van der Waals surface area (Å²) in [6.45, 7) is 0. The molecule has 114 valence electrons. The van der Waals surface area contributed by atoms with Crippen LogP contribution in [0.4, 0.5) is 0 Å². The van der Waals surface area contributed by atoms with Crippen LogP contribution in [0.25, 0.3) is 0 Å². The first-order chi connectivity index (χ1) is 9.67. The van der Waals surface area contributed by atoms with E-state index in [0.717, 1.165) is 23.5 Å². The highest BCUT2D eigenvalue weighted by Crippen LogP contribution is 2.22. The van der Waals surface area contributed by atoms with Crippen LogP contribution in [-0.4, -0.2) is 20.3 Å². The Morgan fingerprint density at radius 2 is 1.15 bits per heavy atom. The molecule has 0 amide bonds. The molecule has 0 spiro atoms. The maximum Gasteiger partial charge on any atom is 0.0186 e. The van der Waals surface area contributed by atoms with E-state index in [2.05, 4.69) is 88.0 Å². The molecule has 1 rings (SSSR count). The van der Waals surface area contributed by atoms with E-state index in [9.17, 15) is 0 Å². The molecule has 0 saturated carbocycles. The van der Waals surface area contributed by atoms with Gasteiger partial charge in [-0.15, -0.1) is 0 Å². The second-order valence-electron chi connectivity index (χ2n) is 5.03. The number of halogens is 4. The van der Waals surface area contributed by atoms with E-state index in [4.69, 9.17) is 0 Å². The van der Waals surface area contributed by atoms with Gasteiger partial charge in [-0.2, -0.15) is 0 Å². The smallest absolute Gasteiger partial charge is 0.0186 e. The molecule has 0 bridgehead atoms. The number of alkyl halides is 4. The zero-order valence-corrected chi connectivity index (χ0v) is 18.0. The van der Waals surface area contributed by atoms with Crippen molar-refractivity contribution < 1.29 is 0 Å². The fraction of sp³-hybridized carbons (Fsp3) is 0.625. The van der Waals surface area contributed by atoms with E-state index in [1.54, 1.807) is 0 Å². The summed E-state index contributed by atoms with van der Waals surface area (Å²) in [6.07, 6.45) is 7.15. The van der Waals surface area contributed by atoms with Gasteiger partial charge >= 0.3 is 0 Å². The lowest BCUT2D eigenvalue weighted by atomic mass is 9.97. The molecular weight excluding hydrogens is 512 g/mol. The summed E-state index contributed by atoms with van der Waals surface area (Å²) in [7, 11) is 0. The van der Waals surface area contributed by atoms with Crippen LogP contribution in [-0.2, 0) is 12.8 Å². The molecule has 0 heterocycles. The molecule has 0 fully saturated rings. The molecular formula is C16H22Br4. The van der Waals surface area contributed by atoms with E-state index < -0.39 is 0 Å². The fourth-order valence-corrected chi connectivity index (χ4v) is 4.23. The van der Waals surface area contributed by atoms with Gasteiger partial charge in [0.1, 0.15) is 0 Å². The van der Waals surface area contributed by atoms with Crippen molar-refractivity contribution in [1.29, 1.82) is 0 Å². The van der Waals surface area contributed by atoms with Gasteiger partial charge in [0.15, 0.2) is 0 Å². The number of rotatable bonds is 10. The van der Waals surface area contributed by atoms with Gasteiger partial charge < -0.3 is 0 Å². The molecule has 20 heavy (non-hydrogen) atoms. The van der Waals surface area contributed by atoms with E-state index in [0.29, 0.717) is 9.65 Å². The van der Waals surface area contributed by atoms with Gasteiger partial charge in [-0.25, -0.2) is 0 Å². The average molecular weight is 534 g/mol. The lowest BCUT2D eigenvalue weighted by Crippen LogP contribution is -2.09. The third kappa shape index (κ3) is 7.95. The molecule has 0 aliphatic carbocycles. The maximum absolute atomic E-state index is 3.82. The summed E-state index contributed by atoms with van der Waals surface area (Å²) in [4.78, 5) is 1.16. The SMILES string of the molecule is BrCCCC(Br)Cc1ccccc1CC(Br)CCCBr. The van der Waals surface area contributed by atoms with Crippen LogP contribution in [0.3, 0.4) is 0 Å². The van der Waals surface area contributed by atoms with E-state index in [1.165, 1.54) is 36.8 Å². The first-order valence-corrected chi connectivity index (χ1v) is 11.2. The second-order valence-corrected chi connectivity index (χ2v) is 9.21. The number of hydrogen-bond donors (Lipinski definition) is 0. The van der Waals surface area contributed by atoms with Crippen LogP contribution < -0.4 is 0 Å². The Kier molecular flexibility index (Phi) is 11.2. The Balaban J connectivity index is 2.58. The lowest BCUT2D eigenvalue weighted by Gasteiger charge is -2.15. The molecule has 4 heteroatoms. The molecule has 0 N–H and O–H groups in total. The van der Waals surface area contributed by atoms with Crippen molar-refractivity contribution in [3.8, 4) is 0 Å². The van der Waals surface area contributed by atoms with Gasteiger partial charge in [-0.05, 0) is 49.7 Å². The predicted octanol–water partition coefficient (Wildman–Crippen LogP) is 6.65. The van der Waals surface area contributed by atoms with Gasteiger partial charge in [-0.3, -0.25) is 0 Å². The average Bonchev–Trinajstić information content (AvgIpc) is 2.45. The van der Waals surface area contributed by atoms with Crippen molar-refractivity contribution in [1.82, 2.24) is 0 Å². The minimum absolute atomic E-state index is 0.581. The highest BCUT2D eigenvalue weighted by molar-refractivity contribution is 9.10. The van der Waals surface area contributed by atoms with Crippen LogP contribution in [0.15, 0.2) is 24.3 Å². The molecule has 0 saturated heterocycles. The van der Waals surface area contributed by atoms with Crippen molar-refractivity contribution in [3.05, 3.63) is 35.4 Å². The van der Waals surface area contributed by atoms with Crippen molar-refractivity contribution >= 4 is 63.7 Å². The van der Waals surface area contributed by atoms with Gasteiger partial charge in [0.25, 0.3) is 0 Å². The fourth-order valence-electron chi connectivity index (χ4n) is 2.23. The van der Waals surface area contributed by atoms with Gasteiger partial charge in [0.05, 0.1) is 0 Å². The van der Waals surface area contributed by atoms with Crippen LogP contribution in [0.1, 0.15) is 36.8 Å². The van der Waals surface area contributed by atoms with E-state index in [1.807, 2.05) is 0 Å². The Hall–Kier alpha value is 1.14. The summed E-state index contributed by atoms with van der Waals surface area (Å²) < 4.78 is 0. The second kappa shape index (κ2) is 11.7. The standard InChI is InChI=1S/C16H22Br4/c17-9-3-7-15(19)11-13-5-1-2-6-14(13)12-16(20)8-4-10-18/h1-2,5-6,15-16H,3-4,7-12H2. The lowest BCUT2D eigenvalue weighted by molar-refractivity contribution is 0.727. The predicted molar refractivity (Wildman–Crippen MR) is 105 cm³/mol. The van der Waals surface area contributed by atoms with E-state index in [-0.39, 0.29) is 0 Å². The van der Waals surface area contributed by atoms with Gasteiger partial charge in [0, 0.05) is 20.3 Å². The number of hydrogen-bond acceptors (Lipinski definition) is 0. The summed E-state index contributed by atoms with van der Waals surface area (Å²) in [6, 6.07) is 8.87. The zero-order valence-electron chi connectivity index (χ0n) is 11.6. The highest BCUT2D eigenvalue weighted by atomic mass is 79.9. The largest absolute Gasteiger partial charge is 0.0928 e. The van der Waals surface area contributed by atoms with Crippen LogP contribution in [0.2, 0.25) is 0 Å². The minimum atomic E-state index is 0.581. The third-order valence-electron chi connectivity index (χ3n) is 3.30. The monoisotopic (exact) mass is 530 g/mol. The van der Waals surface area contributed by atoms with Crippen LogP contribution in [0.5, 0.6) is 0 Å². The van der Waals surface area contributed by atoms with Crippen LogP contribution in [0, 0.1) is 0 Å². The van der Waals surface area contributed by atoms with Crippen molar-refractivity contribution in [3.63, 3.8) is 0 Å². The molecule has 2 atom stereocenters. The topological polar surface area (TPSA) is 0 Å². The quantitative estimate of drug-likeness (QED) is 0.295. The summed E-state index contributed by atoms with van der Waals surface area (Å²) in [5, 5.41) is 2.18. The molecule has 1 aromatic rings. The summed E-state index contributed by atoms with van der Waals surface area (Å²) in [5.41, 5.74) is 2.99. The summed E-state index contributed by atoms with van der Waals surface area (Å²) in [5.74, 6) is 0. The molecule has 0 aliphatic rings. The molecule has 1 aromatic carbocycles. The Labute approximate surface area is 157 Å². The summed E-state index contributed by atoms with van der Waals surface area (Å²) >= 11 is 14.6. The first-order valence-electron chi connectivity index (χ1n) is 7.14. The molecule has 0 nitrogen and oxygen atoms in total. The third-order valence-corrected chi connectivity index (χ3v) is 5.99. The highest BCUT2D eigenvalue weighted by Gasteiger charge is 2.12. The molecule has 0 radical (unpaired) electrons. The van der Waals surface area contributed by atoms with Crippen molar-refractivity contribution in [2.24, 2.45) is 0 Å². The number of benzene rings is 1. The van der Waals surface area contributed by atoms with E-state index >= 15 is 0 Å². The van der Waals surface area contributed by atoms with Crippen molar-refractivity contribution in [2.75, 3.05) is 10.7 Å². The first kappa shape index (κ1) is 19.2. The van der Waals surface area contributed by atoms with Gasteiger partial charge in [-0.1, -0.05) is 88.0 Å². The van der Waals surface area contributed by atoms with Crippen molar-refractivity contribution in [2.45, 2.75) is 48.2 Å². The minimum Gasteiger partial charge on any atom is -0.0928 e. The Morgan fingerprint density at radius 3 is 1.50 bits per heavy atom.